The van der Waals surface area contributed by atoms with Crippen molar-refractivity contribution in [1.29, 1.82) is 0 Å². The molecule has 0 saturated carbocycles. The molecule has 0 aliphatic rings. The average molecular weight is 232 g/mol. The van der Waals surface area contributed by atoms with Crippen LogP contribution in [0.5, 0.6) is 0 Å². The molecule has 0 bridgehead atoms. The quantitative estimate of drug-likeness (QED) is 0.810. The van der Waals surface area contributed by atoms with E-state index in [0.29, 0.717) is 22.0 Å². The maximum Gasteiger partial charge on any atom is 0.127 e. The molecular weight excluding hydrogens is 221 g/mol. The number of benzene rings is 1. The lowest BCUT2D eigenvalue weighted by Crippen LogP contribution is -2.20. The SMILES string of the molecule is CC(Cc1c(F)cccc1Cl)C(N)=S. The van der Waals surface area contributed by atoms with Crippen molar-refractivity contribution in [2.75, 3.05) is 0 Å². The molecule has 1 aromatic rings. The number of hydrogen-bond donors (Lipinski definition) is 1. The second kappa shape index (κ2) is 4.71. The van der Waals surface area contributed by atoms with Gasteiger partial charge in [-0.3, -0.25) is 0 Å². The van der Waals surface area contributed by atoms with Crippen LogP contribution in [-0.2, 0) is 6.42 Å². The predicted molar refractivity (Wildman–Crippen MR) is 61.1 cm³/mol. The van der Waals surface area contributed by atoms with E-state index in [1.54, 1.807) is 12.1 Å². The lowest BCUT2D eigenvalue weighted by atomic mass is 10.0. The number of nitrogens with two attached hydrogens (primary N) is 1. The van der Waals surface area contributed by atoms with Crippen LogP contribution < -0.4 is 5.73 Å². The molecule has 0 amide bonds. The van der Waals surface area contributed by atoms with E-state index in [0.717, 1.165) is 0 Å². The first-order valence-electron chi connectivity index (χ1n) is 4.24. The van der Waals surface area contributed by atoms with Gasteiger partial charge in [-0.1, -0.05) is 36.8 Å². The van der Waals surface area contributed by atoms with E-state index < -0.39 is 0 Å². The first-order valence-corrected chi connectivity index (χ1v) is 5.03. The molecule has 0 fully saturated rings. The number of hydrogen-bond acceptors (Lipinski definition) is 1. The van der Waals surface area contributed by atoms with Gasteiger partial charge in [0.1, 0.15) is 5.82 Å². The van der Waals surface area contributed by atoms with Crippen molar-refractivity contribution in [3.8, 4) is 0 Å². The Balaban J connectivity index is 2.91. The summed E-state index contributed by atoms with van der Waals surface area (Å²) in [6.07, 6.45) is 0.445. The summed E-state index contributed by atoms with van der Waals surface area (Å²) >= 11 is 10.7. The fourth-order valence-electron chi connectivity index (χ4n) is 1.13. The van der Waals surface area contributed by atoms with Crippen molar-refractivity contribution >= 4 is 28.8 Å². The molecule has 1 atom stereocenters. The summed E-state index contributed by atoms with van der Waals surface area (Å²) in [5.74, 6) is -0.347. The van der Waals surface area contributed by atoms with E-state index in [-0.39, 0.29) is 11.7 Å². The standard InChI is InChI=1S/C10H11ClFNS/c1-6(10(13)14)5-7-8(11)3-2-4-9(7)12/h2-4,6H,5H2,1H3,(H2,13,14). The third-order valence-electron chi connectivity index (χ3n) is 2.06. The van der Waals surface area contributed by atoms with Gasteiger partial charge in [0.25, 0.3) is 0 Å². The van der Waals surface area contributed by atoms with Crippen LogP contribution in [0.1, 0.15) is 12.5 Å². The van der Waals surface area contributed by atoms with Gasteiger partial charge in [-0.25, -0.2) is 4.39 Å². The Hall–Kier alpha value is -0.670. The van der Waals surface area contributed by atoms with Crippen LogP contribution >= 0.6 is 23.8 Å². The van der Waals surface area contributed by atoms with Crippen molar-refractivity contribution in [1.82, 2.24) is 0 Å². The highest BCUT2D eigenvalue weighted by Gasteiger charge is 2.12. The summed E-state index contributed by atoms with van der Waals surface area (Å²) in [4.78, 5) is 0.379. The minimum absolute atomic E-state index is 0.0422. The molecule has 4 heteroatoms. The van der Waals surface area contributed by atoms with Gasteiger partial charge in [0, 0.05) is 16.5 Å². The van der Waals surface area contributed by atoms with Gasteiger partial charge in [0.2, 0.25) is 0 Å². The van der Waals surface area contributed by atoms with E-state index >= 15 is 0 Å². The molecule has 0 radical (unpaired) electrons. The van der Waals surface area contributed by atoms with Gasteiger partial charge < -0.3 is 5.73 Å². The van der Waals surface area contributed by atoms with E-state index in [4.69, 9.17) is 29.6 Å². The summed E-state index contributed by atoms with van der Waals surface area (Å²) in [6.45, 7) is 1.85. The number of thiocarbonyl (C=S) groups is 1. The Morgan fingerprint density at radius 2 is 2.29 bits per heavy atom. The maximum atomic E-state index is 13.3. The third-order valence-corrected chi connectivity index (χ3v) is 2.81. The molecule has 0 saturated heterocycles. The van der Waals surface area contributed by atoms with Gasteiger partial charge in [0.15, 0.2) is 0 Å². The summed E-state index contributed by atoms with van der Waals surface area (Å²) in [7, 11) is 0. The zero-order chi connectivity index (χ0) is 10.7. The van der Waals surface area contributed by atoms with Gasteiger partial charge in [-0.2, -0.15) is 0 Å². The molecule has 2 N–H and O–H groups in total. The molecular formula is C10H11ClFNS. The van der Waals surface area contributed by atoms with Crippen LogP contribution in [0.2, 0.25) is 5.02 Å². The molecule has 0 spiro atoms. The zero-order valence-corrected chi connectivity index (χ0v) is 9.33. The Labute approximate surface area is 93.1 Å². The van der Waals surface area contributed by atoms with Crippen LogP contribution in [0.25, 0.3) is 0 Å². The maximum absolute atomic E-state index is 13.3. The van der Waals surface area contributed by atoms with Crippen molar-refractivity contribution in [2.45, 2.75) is 13.3 Å². The summed E-state index contributed by atoms with van der Waals surface area (Å²) in [6, 6.07) is 4.62. The normalized spacial score (nSPS) is 12.5. The second-order valence-corrected chi connectivity index (χ2v) is 4.09. The molecule has 0 aromatic heterocycles. The molecule has 76 valence electrons. The molecule has 0 aliphatic carbocycles. The van der Waals surface area contributed by atoms with Crippen LogP contribution in [0.4, 0.5) is 4.39 Å². The Morgan fingerprint density at radius 1 is 1.64 bits per heavy atom. The summed E-state index contributed by atoms with van der Waals surface area (Å²) in [5, 5.41) is 0.424. The van der Waals surface area contributed by atoms with Crippen molar-refractivity contribution in [3.05, 3.63) is 34.6 Å². The van der Waals surface area contributed by atoms with E-state index in [9.17, 15) is 4.39 Å². The Morgan fingerprint density at radius 3 is 2.79 bits per heavy atom. The minimum Gasteiger partial charge on any atom is -0.393 e. The molecule has 14 heavy (non-hydrogen) atoms. The Bertz CT molecular complexity index is 334. The number of rotatable bonds is 3. The average Bonchev–Trinajstić information content (AvgIpc) is 2.11. The van der Waals surface area contributed by atoms with Gasteiger partial charge >= 0.3 is 0 Å². The molecule has 0 aliphatic heterocycles. The highest BCUT2D eigenvalue weighted by atomic mass is 35.5. The van der Waals surface area contributed by atoms with Crippen molar-refractivity contribution in [2.24, 2.45) is 11.7 Å². The fourth-order valence-corrected chi connectivity index (χ4v) is 1.46. The fraction of sp³-hybridized carbons (Fsp3) is 0.300. The number of halogens is 2. The smallest absolute Gasteiger partial charge is 0.127 e. The van der Waals surface area contributed by atoms with Crippen LogP contribution in [0.3, 0.4) is 0 Å². The topological polar surface area (TPSA) is 26.0 Å². The first-order chi connectivity index (χ1) is 6.52. The van der Waals surface area contributed by atoms with E-state index in [2.05, 4.69) is 0 Å². The zero-order valence-electron chi connectivity index (χ0n) is 7.76. The van der Waals surface area contributed by atoms with Crippen molar-refractivity contribution in [3.63, 3.8) is 0 Å². The van der Waals surface area contributed by atoms with Crippen LogP contribution in [-0.4, -0.2) is 4.99 Å². The summed E-state index contributed by atoms with van der Waals surface area (Å²) < 4.78 is 13.3. The van der Waals surface area contributed by atoms with Gasteiger partial charge in [-0.05, 0) is 18.6 Å². The van der Waals surface area contributed by atoms with E-state index in [1.807, 2.05) is 6.92 Å². The Kier molecular flexibility index (Phi) is 3.84. The molecule has 1 nitrogen and oxygen atoms in total. The predicted octanol–water partition coefficient (Wildman–Crippen LogP) is 2.94. The molecule has 1 aromatic carbocycles. The molecule has 0 heterocycles. The largest absolute Gasteiger partial charge is 0.393 e. The molecule has 1 rings (SSSR count). The van der Waals surface area contributed by atoms with Gasteiger partial charge in [-0.15, -0.1) is 0 Å². The molecule has 1 unspecified atom stereocenters. The van der Waals surface area contributed by atoms with Crippen LogP contribution in [0.15, 0.2) is 18.2 Å². The second-order valence-electron chi connectivity index (χ2n) is 3.21. The van der Waals surface area contributed by atoms with Crippen LogP contribution in [0, 0.1) is 11.7 Å². The minimum atomic E-state index is -0.305. The highest BCUT2D eigenvalue weighted by Crippen LogP contribution is 2.22. The van der Waals surface area contributed by atoms with Gasteiger partial charge in [0.05, 0.1) is 4.99 Å². The van der Waals surface area contributed by atoms with E-state index in [1.165, 1.54) is 6.07 Å². The third kappa shape index (κ3) is 2.66. The lowest BCUT2D eigenvalue weighted by Gasteiger charge is -2.11. The van der Waals surface area contributed by atoms with Crippen molar-refractivity contribution < 1.29 is 4.39 Å². The summed E-state index contributed by atoms with van der Waals surface area (Å²) in [5.41, 5.74) is 5.93. The monoisotopic (exact) mass is 231 g/mol. The first kappa shape index (κ1) is 11.4. The lowest BCUT2D eigenvalue weighted by molar-refractivity contribution is 0.598. The highest BCUT2D eigenvalue weighted by molar-refractivity contribution is 7.80.